The van der Waals surface area contributed by atoms with Crippen molar-refractivity contribution in [3.8, 4) is 0 Å². The molecule has 0 unspecified atom stereocenters. The smallest absolute Gasteiger partial charge is 0.221 e. The molecule has 0 atom stereocenters. The topological polar surface area (TPSA) is 32.3 Å². The van der Waals surface area contributed by atoms with Crippen molar-refractivity contribution in [2.45, 2.75) is 33.1 Å². The number of rotatable bonds is 2. The summed E-state index contributed by atoms with van der Waals surface area (Å²) in [5.41, 5.74) is 2.64. The Kier molecular flexibility index (Phi) is 7.69. The summed E-state index contributed by atoms with van der Waals surface area (Å²) < 4.78 is 0. The normalized spacial score (nSPS) is 17.5. The summed E-state index contributed by atoms with van der Waals surface area (Å²) in [6.07, 6.45) is 4.46. The van der Waals surface area contributed by atoms with E-state index in [-0.39, 0.29) is 0 Å². The Hall–Kier alpha value is -0.570. The minimum absolute atomic E-state index is 0.583. The molecule has 0 bridgehead atoms. The summed E-state index contributed by atoms with van der Waals surface area (Å²) in [6.45, 7) is 9.78. The third kappa shape index (κ3) is 9.34. The fourth-order valence-corrected chi connectivity index (χ4v) is 1.10. The van der Waals surface area contributed by atoms with Gasteiger partial charge in [-0.25, -0.2) is 5.01 Å². The van der Waals surface area contributed by atoms with Crippen molar-refractivity contribution in [3.05, 3.63) is 6.92 Å². The molecule has 0 aromatic carbocycles. The number of carbonyl (C=O) groups excluding carboxylic acids is 1. The molecule has 1 amide bonds. The van der Waals surface area contributed by atoms with Gasteiger partial charge in [0.15, 0.2) is 0 Å². The van der Waals surface area contributed by atoms with Gasteiger partial charge in [-0.2, -0.15) is 0 Å². The summed E-state index contributed by atoms with van der Waals surface area (Å²) in [5.74, 6) is 0.583. The highest BCUT2D eigenvalue weighted by atomic mass is 16.1. The van der Waals surface area contributed by atoms with Crippen LogP contribution in [0.15, 0.2) is 0 Å². The number of carbonyl (C=O) groups is 1. The van der Waals surface area contributed by atoms with Gasteiger partial charge in [-0.15, -0.1) is 0 Å². The van der Waals surface area contributed by atoms with Crippen LogP contribution in [0.4, 0.5) is 0 Å². The first kappa shape index (κ1) is 12.4. The second-order valence-electron chi connectivity index (χ2n) is 3.69. The van der Waals surface area contributed by atoms with Gasteiger partial charge >= 0.3 is 0 Å². The van der Waals surface area contributed by atoms with Gasteiger partial charge in [-0.1, -0.05) is 27.2 Å². The maximum absolute atomic E-state index is 9.92. The second-order valence-corrected chi connectivity index (χ2v) is 3.69. The maximum Gasteiger partial charge on any atom is 0.221 e. The number of nitrogens with one attached hydrogen (secondary N) is 1. The van der Waals surface area contributed by atoms with Crippen molar-refractivity contribution < 1.29 is 4.79 Å². The predicted molar refractivity (Wildman–Crippen MR) is 54.8 cm³/mol. The lowest BCUT2D eigenvalue weighted by Crippen LogP contribution is -2.40. The van der Waals surface area contributed by atoms with Crippen LogP contribution in [0, 0.1) is 12.8 Å². The summed E-state index contributed by atoms with van der Waals surface area (Å²) in [4.78, 5) is 9.92. The molecule has 77 valence electrons. The Labute approximate surface area is 81.5 Å². The van der Waals surface area contributed by atoms with Crippen LogP contribution in [0.25, 0.3) is 0 Å². The number of hydrogen-bond donors (Lipinski definition) is 1. The minimum atomic E-state index is 0.583. The van der Waals surface area contributed by atoms with Gasteiger partial charge in [-0.05, 0) is 18.8 Å². The van der Waals surface area contributed by atoms with Crippen LogP contribution in [-0.2, 0) is 4.79 Å². The number of nitrogens with zero attached hydrogens (tertiary/aromatic N) is 1. The molecule has 0 aromatic heterocycles. The van der Waals surface area contributed by atoms with E-state index in [1.54, 1.807) is 0 Å². The van der Waals surface area contributed by atoms with E-state index in [4.69, 9.17) is 0 Å². The molecular weight excluding hydrogens is 164 g/mol. The molecule has 1 aliphatic rings. The van der Waals surface area contributed by atoms with E-state index in [0.29, 0.717) is 5.92 Å². The van der Waals surface area contributed by atoms with Crippen molar-refractivity contribution in [1.29, 1.82) is 0 Å². The third-order valence-corrected chi connectivity index (χ3v) is 1.59. The van der Waals surface area contributed by atoms with Gasteiger partial charge in [0, 0.05) is 13.1 Å². The lowest BCUT2D eigenvalue weighted by atomic mass is 10.2. The van der Waals surface area contributed by atoms with Gasteiger partial charge in [0.25, 0.3) is 0 Å². The van der Waals surface area contributed by atoms with Gasteiger partial charge in [0.1, 0.15) is 0 Å². The SMILES string of the molecule is O=CNN1CCCCC1.[CH2]C(C)C. The molecule has 1 aliphatic heterocycles. The highest BCUT2D eigenvalue weighted by Crippen LogP contribution is 2.04. The Morgan fingerprint density at radius 1 is 1.31 bits per heavy atom. The van der Waals surface area contributed by atoms with E-state index in [1.165, 1.54) is 19.3 Å². The van der Waals surface area contributed by atoms with Crippen LogP contribution in [0.5, 0.6) is 0 Å². The van der Waals surface area contributed by atoms with Crippen LogP contribution in [-0.4, -0.2) is 24.5 Å². The average Bonchev–Trinajstić information content (AvgIpc) is 2.06. The van der Waals surface area contributed by atoms with Crippen LogP contribution < -0.4 is 5.43 Å². The van der Waals surface area contributed by atoms with Crippen molar-refractivity contribution in [1.82, 2.24) is 10.4 Å². The molecule has 0 saturated carbocycles. The zero-order valence-corrected chi connectivity index (χ0v) is 8.75. The molecule has 3 nitrogen and oxygen atoms in total. The zero-order chi connectivity index (χ0) is 10.1. The lowest BCUT2D eigenvalue weighted by molar-refractivity contribution is -0.114. The highest BCUT2D eigenvalue weighted by molar-refractivity contribution is 5.44. The van der Waals surface area contributed by atoms with Crippen LogP contribution in [0.3, 0.4) is 0 Å². The molecule has 1 rings (SSSR count). The highest BCUT2D eigenvalue weighted by Gasteiger charge is 2.06. The van der Waals surface area contributed by atoms with Crippen LogP contribution in [0.2, 0.25) is 0 Å². The molecular formula is C10H21N2O. The van der Waals surface area contributed by atoms with Crippen molar-refractivity contribution in [2.24, 2.45) is 5.92 Å². The summed E-state index contributed by atoms with van der Waals surface area (Å²) >= 11 is 0. The molecule has 1 saturated heterocycles. The molecule has 0 spiro atoms. The fourth-order valence-electron chi connectivity index (χ4n) is 1.10. The predicted octanol–water partition coefficient (Wildman–Crippen LogP) is 1.61. The lowest BCUT2D eigenvalue weighted by Gasteiger charge is -2.24. The first-order valence-corrected chi connectivity index (χ1v) is 4.94. The number of hydrazine groups is 1. The molecule has 13 heavy (non-hydrogen) atoms. The quantitative estimate of drug-likeness (QED) is 0.663. The summed E-state index contributed by atoms with van der Waals surface area (Å²) in [6, 6.07) is 0. The maximum atomic E-state index is 9.92. The third-order valence-electron chi connectivity index (χ3n) is 1.59. The monoisotopic (exact) mass is 185 g/mol. The van der Waals surface area contributed by atoms with E-state index in [2.05, 4.69) is 26.2 Å². The Morgan fingerprint density at radius 2 is 1.77 bits per heavy atom. The second kappa shape index (κ2) is 8.05. The molecule has 1 fully saturated rings. The molecule has 1 N–H and O–H groups in total. The van der Waals surface area contributed by atoms with Crippen molar-refractivity contribution in [2.75, 3.05) is 13.1 Å². The molecule has 1 heterocycles. The Morgan fingerprint density at radius 3 is 2.15 bits per heavy atom. The van der Waals surface area contributed by atoms with E-state index >= 15 is 0 Å². The van der Waals surface area contributed by atoms with Gasteiger partial charge in [-0.3, -0.25) is 10.2 Å². The van der Waals surface area contributed by atoms with Crippen molar-refractivity contribution in [3.63, 3.8) is 0 Å². The van der Waals surface area contributed by atoms with E-state index < -0.39 is 0 Å². The minimum Gasteiger partial charge on any atom is -0.292 e. The first-order valence-electron chi connectivity index (χ1n) is 4.94. The van der Waals surface area contributed by atoms with Gasteiger partial charge in [0.2, 0.25) is 6.41 Å². The largest absolute Gasteiger partial charge is 0.292 e. The van der Waals surface area contributed by atoms with E-state index in [1.807, 2.05) is 5.01 Å². The standard InChI is InChI=1S/C6H12N2O.C4H9/c9-6-7-8-4-2-1-3-5-8;1-4(2)3/h6H,1-5H2,(H,7,9);4H,1H2,2-3H3. The Balaban J connectivity index is 0.000000310. The van der Waals surface area contributed by atoms with Crippen molar-refractivity contribution >= 4 is 6.41 Å². The Bertz CT molecular complexity index is 117. The first-order chi connectivity index (χ1) is 6.16. The van der Waals surface area contributed by atoms with E-state index in [9.17, 15) is 4.79 Å². The fraction of sp³-hybridized carbons (Fsp3) is 0.800. The van der Waals surface area contributed by atoms with Crippen LogP contribution in [0.1, 0.15) is 33.1 Å². The number of piperidine rings is 1. The van der Waals surface area contributed by atoms with Gasteiger partial charge in [0.05, 0.1) is 0 Å². The molecule has 1 radical (unpaired) electrons. The molecule has 0 aliphatic carbocycles. The van der Waals surface area contributed by atoms with Crippen LogP contribution >= 0.6 is 0 Å². The van der Waals surface area contributed by atoms with Gasteiger partial charge < -0.3 is 0 Å². The number of amides is 1. The summed E-state index contributed by atoms with van der Waals surface area (Å²) in [5, 5.41) is 1.95. The summed E-state index contributed by atoms with van der Waals surface area (Å²) in [7, 11) is 0. The average molecular weight is 185 g/mol. The number of hydrogen-bond acceptors (Lipinski definition) is 2. The zero-order valence-electron chi connectivity index (χ0n) is 8.75. The van der Waals surface area contributed by atoms with E-state index in [0.717, 1.165) is 19.5 Å². The molecule has 3 heteroatoms. The molecule has 0 aromatic rings.